The minimum absolute atomic E-state index is 0.140. The van der Waals surface area contributed by atoms with Crippen molar-refractivity contribution < 1.29 is 22.4 Å². The van der Waals surface area contributed by atoms with Crippen molar-refractivity contribution in [2.24, 2.45) is 0 Å². The van der Waals surface area contributed by atoms with Crippen LogP contribution >= 0.6 is 0 Å². The Morgan fingerprint density at radius 3 is 2.75 bits per heavy atom. The van der Waals surface area contributed by atoms with E-state index in [1.54, 1.807) is 0 Å². The third-order valence-corrected chi connectivity index (χ3v) is 4.20. The summed E-state index contributed by atoms with van der Waals surface area (Å²) in [7, 11) is -1.42. The number of hydrogen-bond acceptors (Lipinski definition) is 4. The van der Waals surface area contributed by atoms with Gasteiger partial charge in [0, 0.05) is 7.05 Å². The summed E-state index contributed by atoms with van der Waals surface area (Å²) in [5.41, 5.74) is 1.47. The van der Waals surface area contributed by atoms with Crippen LogP contribution in [-0.4, -0.2) is 39.3 Å². The molecular weight excluding hydrogens is 287 g/mol. The maximum absolute atomic E-state index is 13.5. The maximum atomic E-state index is 13.5. The van der Waals surface area contributed by atoms with Crippen LogP contribution in [0.4, 0.5) is 4.39 Å². The van der Waals surface area contributed by atoms with E-state index in [0.29, 0.717) is 0 Å². The van der Waals surface area contributed by atoms with Crippen LogP contribution in [0.3, 0.4) is 0 Å². The first-order chi connectivity index (χ1) is 9.34. The molecule has 108 valence electrons. The van der Waals surface area contributed by atoms with Gasteiger partial charge in [0.1, 0.15) is 5.82 Å². The second-order valence-corrected chi connectivity index (χ2v) is 5.79. The number of halogens is 1. The van der Waals surface area contributed by atoms with Gasteiger partial charge in [-0.3, -0.25) is 9.63 Å². The first-order valence-corrected chi connectivity index (χ1v) is 6.81. The van der Waals surface area contributed by atoms with Crippen molar-refractivity contribution in [3.63, 3.8) is 0 Å². The number of carbonyl (C=O) groups excluding carboxylic acids is 1. The molecule has 0 aromatic heterocycles. The first-order valence-electron chi connectivity index (χ1n) is 5.37. The summed E-state index contributed by atoms with van der Waals surface area (Å²) in [4.78, 5) is 15.7. The van der Waals surface area contributed by atoms with E-state index in [0.717, 1.165) is 22.5 Å². The van der Waals surface area contributed by atoms with E-state index in [1.165, 1.54) is 14.2 Å². The van der Waals surface area contributed by atoms with Gasteiger partial charge in [-0.05, 0) is 18.2 Å². The largest absolute Gasteiger partial charge is 0.277 e. The van der Waals surface area contributed by atoms with Crippen LogP contribution in [-0.2, 0) is 14.9 Å². The van der Waals surface area contributed by atoms with Gasteiger partial charge < -0.3 is 0 Å². The van der Waals surface area contributed by atoms with E-state index in [2.05, 4.69) is 10.8 Å². The third-order valence-electron chi connectivity index (χ3n) is 2.40. The highest BCUT2D eigenvalue weighted by Crippen LogP contribution is 2.18. The number of nitrogens with one attached hydrogen (secondary N) is 1. The predicted molar refractivity (Wildman–Crippen MR) is 69.5 cm³/mol. The lowest BCUT2D eigenvalue weighted by atomic mass is 10.2. The molecule has 0 radical (unpaired) electrons. The fraction of sp³-hybridized carbons (Fsp3) is 0.250. The van der Waals surface area contributed by atoms with Crippen LogP contribution in [0, 0.1) is 18.2 Å². The average molecular weight is 300 g/mol. The van der Waals surface area contributed by atoms with Crippen LogP contribution in [0.5, 0.6) is 0 Å². The number of terminal acetylenes is 1. The summed E-state index contributed by atoms with van der Waals surface area (Å²) in [6.07, 6.45) is 5.05. The summed E-state index contributed by atoms with van der Waals surface area (Å²) >= 11 is 0. The highest BCUT2D eigenvalue weighted by Gasteiger charge is 2.23. The van der Waals surface area contributed by atoms with Gasteiger partial charge in [-0.2, -0.15) is 4.31 Å². The number of hydrogen-bond donors (Lipinski definition) is 1. The lowest BCUT2D eigenvalue weighted by Crippen LogP contribution is -2.28. The Morgan fingerprint density at radius 2 is 2.20 bits per heavy atom. The molecule has 8 heteroatoms. The van der Waals surface area contributed by atoms with Crippen molar-refractivity contribution in [1.82, 2.24) is 9.79 Å². The zero-order valence-corrected chi connectivity index (χ0v) is 11.7. The fourth-order valence-corrected chi connectivity index (χ4v) is 2.49. The zero-order valence-electron chi connectivity index (χ0n) is 10.9. The summed E-state index contributed by atoms with van der Waals surface area (Å²) in [6, 6.07) is 2.87. The van der Waals surface area contributed by atoms with Crippen molar-refractivity contribution in [3.05, 3.63) is 29.6 Å². The molecule has 1 N–H and O–H groups in total. The molecule has 1 amide bonds. The molecule has 0 aliphatic heterocycles. The lowest BCUT2D eigenvalue weighted by molar-refractivity contribution is 0.0533. The molecule has 1 aromatic carbocycles. The monoisotopic (exact) mass is 300 g/mol. The molecule has 0 saturated carbocycles. The normalized spacial score (nSPS) is 11.2. The third kappa shape index (κ3) is 3.33. The van der Waals surface area contributed by atoms with E-state index in [1.807, 2.05) is 5.48 Å². The number of benzene rings is 1. The van der Waals surface area contributed by atoms with E-state index >= 15 is 0 Å². The van der Waals surface area contributed by atoms with E-state index < -0.39 is 27.3 Å². The maximum Gasteiger partial charge on any atom is 0.277 e. The Balaban J connectivity index is 3.26. The molecule has 6 nitrogen and oxygen atoms in total. The van der Waals surface area contributed by atoms with Gasteiger partial charge in [-0.15, -0.1) is 6.42 Å². The molecule has 0 aliphatic rings. The summed E-state index contributed by atoms with van der Waals surface area (Å²) in [5, 5.41) is 0. The van der Waals surface area contributed by atoms with Crippen molar-refractivity contribution >= 4 is 15.9 Å². The molecule has 0 spiro atoms. The van der Waals surface area contributed by atoms with Crippen LogP contribution in [0.15, 0.2) is 23.1 Å². The number of carbonyl (C=O) groups is 1. The molecular formula is C12H13FN2O4S. The van der Waals surface area contributed by atoms with Gasteiger partial charge in [0.2, 0.25) is 10.0 Å². The van der Waals surface area contributed by atoms with Crippen molar-refractivity contribution in [3.8, 4) is 12.3 Å². The van der Waals surface area contributed by atoms with Gasteiger partial charge in [-0.25, -0.2) is 18.3 Å². The van der Waals surface area contributed by atoms with Crippen molar-refractivity contribution in [1.29, 1.82) is 0 Å². The standard InChI is InChI=1S/C12H13FN2O4S/c1-4-7-15(2)20(17,18)9-5-6-11(13)10(8-9)12(16)14-19-3/h1,5-6,8H,7H2,2-3H3,(H,14,16). The molecule has 0 atom stereocenters. The smallest absolute Gasteiger partial charge is 0.277 e. The Labute approximate surface area is 116 Å². The lowest BCUT2D eigenvalue weighted by Gasteiger charge is -2.15. The molecule has 20 heavy (non-hydrogen) atoms. The topological polar surface area (TPSA) is 75.7 Å². The van der Waals surface area contributed by atoms with Crippen molar-refractivity contribution in [2.45, 2.75) is 4.90 Å². The van der Waals surface area contributed by atoms with E-state index in [9.17, 15) is 17.6 Å². The van der Waals surface area contributed by atoms with Crippen LogP contribution in [0.25, 0.3) is 0 Å². The van der Waals surface area contributed by atoms with Gasteiger partial charge in [-0.1, -0.05) is 5.92 Å². The Bertz CT molecular complexity index is 652. The van der Waals surface area contributed by atoms with Gasteiger partial charge >= 0.3 is 0 Å². The van der Waals surface area contributed by atoms with Crippen LogP contribution in [0.2, 0.25) is 0 Å². The molecule has 0 fully saturated rings. The molecule has 0 heterocycles. The Morgan fingerprint density at radius 1 is 1.55 bits per heavy atom. The predicted octanol–water partition coefficient (Wildman–Crippen LogP) is 0.371. The highest BCUT2D eigenvalue weighted by molar-refractivity contribution is 7.89. The molecule has 1 rings (SSSR count). The first kappa shape index (κ1) is 16.1. The number of amides is 1. The van der Waals surface area contributed by atoms with E-state index in [4.69, 9.17) is 6.42 Å². The number of nitrogens with zero attached hydrogens (tertiary/aromatic N) is 1. The van der Waals surface area contributed by atoms with Gasteiger partial charge in [0.25, 0.3) is 5.91 Å². The SMILES string of the molecule is C#CCN(C)S(=O)(=O)c1ccc(F)c(C(=O)NOC)c1. The van der Waals surface area contributed by atoms with Crippen molar-refractivity contribution in [2.75, 3.05) is 20.7 Å². The fourth-order valence-electron chi connectivity index (χ4n) is 1.38. The Kier molecular flexibility index (Phi) is 5.21. The number of rotatable bonds is 5. The van der Waals surface area contributed by atoms with Gasteiger partial charge in [0.15, 0.2) is 0 Å². The second-order valence-electron chi connectivity index (χ2n) is 3.74. The second kappa shape index (κ2) is 6.47. The molecule has 0 saturated heterocycles. The van der Waals surface area contributed by atoms with Gasteiger partial charge in [0.05, 0.1) is 24.1 Å². The molecule has 0 aliphatic carbocycles. The molecule has 1 aromatic rings. The summed E-state index contributed by atoms with van der Waals surface area (Å²) in [5.74, 6) is 0.436. The molecule has 0 unspecified atom stereocenters. The summed E-state index contributed by atoms with van der Waals surface area (Å²) < 4.78 is 38.7. The summed E-state index contributed by atoms with van der Waals surface area (Å²) in [6.45, 7) is -0.140. The Hall–Kier alpha value is -1.95. The number of hydroxylamine groups is 1. The minimum Gasteiger partial charge on any atom is -0.277 e. The van der Waals surface area contributed by atoms with E-state index in [-0.39, 0.29) is 11.4 Å². The van der Waals surface area contributed by atoms with Crippen LogP contribution < -0.4 is 5.48 Å². The molecule has 0 bridgehead atoms. The quantitative estimate of drug-likeness (QED) is 0.630. The number of sulfonamides is 1. The minimum atomic E-state index is -3.89. The highest BCUT2D eigenvalue weighted by atomic mass is 32.2. The average Bonchev–Trinajstić information content (AvgIpc) is 2.39. The van der Waals surface area contributed by atoms with Crippen LogP contribution in [0.1, 0.15) is 10.4 Å². The zero-order chi connectivity index (χ0) is 15.3.